The van der Waals surface area contributed by atoms with Gasteiger partial charge in [-0.15, -0.1) is 0 Å². The number of hydrogen-bond donors (Lipinski definition) is 4. The minimum absolute atomic E-state index is 0.00455. The number of anilines is 1. The van der Waals surface area contributed by atoms with Gasteiger partial charge in [-0.25, -0.2) is 8.78 Å². The van der Waals surface area contributed by atoms with Gasteiger partial charge in [0.2, 0.25) is 0 Å². The predicted molar refractivity (Wildman–Crippen MR) is 99.7 cm³/mol. The maximum absolute atomic E-state index is 13.6. The molecule has 0 saturated carbocycles. The highest BCUT2D eigenvalue weighted by molar-refractivity contribution is 6.01. The highest BCUT2D eigenvalue weighted by atomic mass is 19.2. The lowest BCUT2D eigenvalue weighted by Gasteiger charge is -2.16. The van der Waals surface area contributed by atoms with Crippen molar-refractivity contribution in [1.29, 1.82) is 0 Å². The topological polar surface area (TPSA) is 93.2 Å². The van der Waals surface area contributed by atoms with Crippen LogP contribution < -0.4 is 22.1 Å². The minimum Gasteiger partial charge on any atom is -0.398 e. The number of carbonyl (C=O) groups excluding carboxylic acids is 1. The van der Waals surface area contributed by atoms with E-state index in [1.54, 1.807) is 25.2 Å². The first-order valence-corrected chi connectivity index (χ1v) is 8.20. The van der Waals surface area contributed by atoms with Crippen LogP contribution in [-0.4, -0.2) is 19.5 Å². The number of halogens is 2. The van der Waals surface area contributed by atoms with E-state index in [1.807, 2.05) is 6.92 Å². The van der Waals surface area contributed by atoms with Gasteiger partial charge in [0, 0.05) is 30.4 Å². The summed E-state index contributed by atoms with van der Waals surface area (Å²) in [7, 11) is 1.62. The summed E-state index contributed by atoms with van der Waals surface area (Å²) in [6.45, 7) is 2.43. The first-order valence-electron chi connectivity index (χ1n) is 8.20. The van der Waals surface area contributed by atoms with Crippen molar-refractivity contribution in [1.82, 2.24) is 10.6 Å². The van der Waals surface area contributed by atoms with Gasteiger partial charge in [0.15, 0.2) is 11.6 Å². The van der Waals surface area contributed by atoms with E-state index in [2.05, 4.69) is 10.6 Å². The molecule has 0 spiro atoms. The Morgan fingerprint density at radius 3 is 2.50 bits per heavy atom. The van der Waals surface area contributed by atoms with Crippen LogP contribution in [0.5, 0.6) is 0 Å². The molecule has 7 heteroatoms. The van der Waals surface area contributed by atoms with Crippen LogP contribution in [0.4, 0.5) is 14.5 Å². The van der Waals surface area contributed by atoms with Gasteiger partial charge in [0.05, 0.1) is 5.70 Å². The summed E-state index contributed by atoms with van der Waals surface area (Å²) in [6.07, 6.45) is 0.779. The Bertz CT molecular complexity index is 849. The second-order valence-electron chi connectivity index (χ2n) is 5.69. The zero-order valence-electron chi connectivity index (χ0n) is 14.7. The molecule has 2 rings (SSSR count). The molecule has 0 aliphatic carbocycles. The summed E-state index contributed by atoms with van der Waals surface area (Å²) >= 11 is 0. The Morgan fingerprint density at radius 2 is 1.88 bits per heavy atom. The van der Waals surface area contributed by atoms with Crippen molar-refractivity contribution < 1.29 is 13.6 Å². The number of carbonyl (C=O) groups is 1. The summed E-state index contributed by atoms with van der Waals surface area (Å²) in [5, 5.41) is 5.60. The first-order chi connectivity index (χ1) is 12.4. The van der Waals surface area contributed by atoms with E-state index in [0.717, 1.165) is 18.6 Å². The van der Waals surface area contributed by atoms with E-state index in [-0.39, 0.29) is 5.70 Å². The van der Waals surface area contributed by atoms with Crippen molar-refractivity contribution in [2.75, 3.05) is 19.3 Å². The maximum atomic E-state index is 13.6. The molecule has 5 nitrogen and oxygen atoms in total. The normalized spacial score (nSPS) is 11.7. The average Bonchev–Trinajstić information content (AvgIpc) is 2.63. The van der Waals surface area contributed by atoms with E-state index in [0.29, 0.717) is 34.6 Å². The van der Waals surface area contributed by atoms with Crippen LogP contribution in [0.15, 0.2) is 42.1 Å². The Balaban J connectivity index is 2.52. The highest BCUT2D eigenvalue weighted by Crippen LogP contribution is 2.32. The summed E-state index contributed by atoms with van der Waals surface area (Å²) in [5.74, 6) is -2.31. The van der Waals surface area contributed by atoms with Gasteiger partial charge in [-0.2, -0.15) is 0 Å². The average molecular weight is 360 g/mol. The molecule has 0 unspecified atom stereocenters. The molecule has 2 aromatic carbocycles. The molecule has 2 aromatic rings. The summed E-state index contributed by atoms with van der Waals surface area (Å²) in [6, 6.07) is 8.64. The van der Waals surface area contributed by atoms with Crippen molar-refractivity contribution in [3.8, 4) is 11.1 Å². The van der Waals surface area contributed by atoms with Crippen molar-refractivity contribution >= 4 is 17.3 Å². The van der Waals surface area contributed by atoms with Crippen molar-refractivity contribution in [3.05, 3.63) is 59.3 Å². The molecule has 0 aliphatic heterocycles. The smallest absolute Gasteiger partial charge is 0.269 e. The van der Waals surface area contributed by atoms with Crippen LogP contribution in [0.1, 0.15) is 18.9 Å². The fourth-order valence-corrected chi connectivity index (χ4v) is 2.56. The monoisotopic (exact) mass is 360 g/mol. The minimum atomic E-state index is -0.963. The van der Waals surface area contributed by atoms with Crippen LogP contribution in [0.3, 0.4) is 0 Å². The van der Waals surface area contributed by atoms with E-state index >= 15 is 0 Å². The molecule has 0 fully saturated rings. The Morgan fingerprint density at radius 1 is 1.15 bits per heavy atom. The number of nitrogens with two attached hydrogens (primary N) is 2. The van der Waals surface area contributed by atoms with Crippen LogP contribution in [0, 0.1) is 11.6 Å². The van der Waals surface area contributed by atoms with Gasteiger partial charge in [0.1, 0.15) is 5.70 Å². The van der Waals surface area contributed by atoms with Crippen LogP contribution in [-0.2, 0) is 4.79 Å². The third-order valence-electron chi connectivity index (χ3n) is 3.91. The fourth-order valence-electron chi connectivity index (χ4n) is 2.56. The molecule has 6 N–H and O–H groups in total. The van der Waals surface area contributed by atoms with E-state index in [1.165, 1.54) is 6.07 Å². The van der Waals surface area contributed by atoms with Gasteiger partial charge in [-0.3, -0.25) is 4.79 Å². The van der Waals surface area contributed by atoms with Gasteiger partial charge in [-0.05, 0) is 24.1 Å². The molecule has 0 saturated heterocycles. The number of hydrogen-bond acceptors (Lipinski definition) is 4. The number of para-hydroxylation sites is 1. The largest absolute Gasteiger partial charge is 0.398 e. The molecule has 26 heavy (non-hydrogen) atoms. The molecule has 0 atom stereocenters. The summed E-state index contributed by atoms with van der Waals surface area (Å²) in [4.78, 5) is 12.2. The van der Waals surface area contributed by atoms with Gasteiger partial charge >= 0.3 is 0 Å². The Kier molecular flexibility index (Phi) is 6.16. The molecule has 0 heterocycles. The van der Waals surface area contributed by atoms with Crippen molar-refractivity contribution in [3.63, 3.8) is 0 Å². The number of benzene rings is 2. The van der Waals surface area contributed by atoms with Crippen molar-refractivity contribution in [2.45, 2.75) is 13.3 Å². The second-order valence-corrected chi connectivity index (χ2v) is 5.69. The zero-order valence-corrected chi connectivity index (χ0v) is 14.7. The third-order valence-corrected chi connectivity index (χ3v) is 3.91. The second kappa shape index (κ2) is 8.33. The van der Waals surface area contributed by atoms with Gasteiger partial charge in [0.25, 0.3) is 5.91 Å². The highest BCUT2D eigenvalue weighted by Gasteiger charge is 2.17. The number of rotatable bonds is 6. The Labute approximate surface area is 151 Å². The molecule has 1 amide bonds. The molecule has 0 aliphatic rings. The van der Waals surface area contributed by atoms with Gasteiger partial charge in [-0.1, -0.05) is 31.2 Å². The SMILES string of the molecule is CCCNC(=O)/C(N)=C(\NC)c1cccc(-c2ccc(F)c(F)c2)c1N. The van der Waals surface area contributed by atoms with Crippen molar-refractivity contribution in [2.24, 2.45) is 5.73 Å². The fraction of sp³-hybridized carbons (Fsp3) is 0.211. The van der Waals surface area contributed by atoms with Gasteiger partial charge < -0.3 is 22.1 Å². The lowest BCUT2D eigenvalue weighted by molar-refractivity contribution is -0.117. The predicted octanol–water partition coefficient (Wildman–Crippen LogP) is 2.59. The van der Waals surface area contributed by atoms with E-state index in [4.69, 9.17) is 11.5 Å². The molecular formula is C19H22F2N4O. The standard InChI is InChI=1S/C19H22F2N4O/c1-3-9-25-19(26)17(23)18(24-2)13-6-4-5-12(16(13)22)11-7-8-14(20)15(21)10-11/h4-8,10,24H,3,9,22-23H2,1-2H3,(H,25,26)/b18-17+. The zero-order chi connectivity index (χ0) is 19.3. The number of nitrogen functional groups attached to an aromatic ring is 1. The van der Waals surface area contributed by atoms with Crippen LogP contribution >= 0.6 is 0 Å². The lowest BCUT2D eigenvalue weighted by Crippen LogP contribution is -2.32. The quantitative estimate of drug-likeness (QED) is 0.471. The number of amides is 1. The van der Waals surface area contributed by atoms with Crippen LogP contribution in [0.25, 0.3) is 16.8 Å². The van der Waals surface area contributed by atoms with Crippen LogP contribution in [0.2, 0.25) is 0 Å². The summed E-state index contributed by atoms with van der Waals surface area (Å²) in [5.41, 5.74) is 14.3. The first kappa shape index (κ1) is 19.2. The third kappa shape index (κ3) is 3.93. The number of nitrogens with one attached hydrogen (secondary N) is 2. The molecule has 0 aromatic heterocycles. The molecule has 0 bridgehead atoms. The maximum Gasteiger partial charge on any atom is 0.269 e. The lowest BCUT2D eigenvalue weighted by atomic mass is 9.98. The molecule has 138 valence electrons. The van der Waals surface area contributed by atoms with E-state index in [9.17, 15) is 13.6 Å². The van der Waals surface area contributed by atoms with E-state index < -0.39 is 17.5 Å². The summed E-state index contributed by atoms with van der Waals surface area (Å²) < 4.78 is 26.8. The molecular weight excluding hydrogens is 338 g/mol. The molecule has 0 radical (unpaired) electrons. The Hall–Kier alpha value is -3.09.